The normalized spacial score (nSPS) is 9.57. The number of hydrogen-bond acceptors (Lipinski definition) is 3. The molecule has 76 valence electrons. The Kier molecular flexibility index (Phi) is 3.84. The number of pyridine rings is 1. The van der Waals surface area contributed by atoms with Crippen molar-refractivity contribution in [2.24, 2.45) is 0 Å². The molecule has 1 N–H and O–H groups in total. The van der Waals surface area contributed by atoms with Crippen LogP contribution in [-0.2, 0) is 4.79 Å². The van der Waals surface area contributed by atoms with Crippen LogP contribution in [0.5, 0.6) is 5.75 Å². The van der Waals surface area contributed by atoms with Gasteiger partial charge in [0.2, 0.25) is 11.9 Å². The van der Waals surface area contributed by atoms with E-state index in [0.29, 0.717) is 5.75 Å². The van der Waals surface area contributed by atoms with Crippen molar-refractivity contribution in [3.8, 4) is 5.75 Å². The molecular weight excluding hydrogens is 187 g/mol. The van der Waals surface area contributed by atoms with Gasteiger partial charge in [-0.25, -0.2) is 4.98 Å². The second-order valence-electron chi connectivity index (χ2n) is 2.59. The van der Waals surface area contributed by atoms with E-state index in [1.165, 1.54) is 18.3 Å². The van der Waals surface area contributed by atoms with Crippen LogP contribution in [0.3, 0.4) is 0 Å². The monoisotopic (exact) mass is 198 g/mol. The molecule has 0 aliphatic carbocycles. The van der Waals surface area contributed by atoms with Crippen LogP contribution >= 0.6 is 0 Å². The Bertz CT molecular complexity index is 300. The minimum atomic E-state index is -0.552. The number of halogens is 1. The van der Waals surface area contributed by atoms with Gasteiger partial charge in [0.15, 0.2) is 0 Å². The number of rotatable bonds is 4. The highest BCUT2D eigenvalue weighted by atomic mass is 19.1. The van der Waals surface area contributed by atoms with Crippen molar-refractivity contribution in [2.45, 2.75) is 6.42 Å². The molecule has 0 aliphatic rings. The predicted molar refractivity (Wildman–Crippen MR) is 48.4 cm³/mol. The fourth-order valence-electron chi connectivity index (χ4n) is 0.834. The lowest BCUT2D eigenvalue weighted by molar-refractivity contribution is -0.121. The van der Waals surface area contributed by atoms with Gasteiger partial charge >= 0.3 is 0 Å². The number of amides is 1. The number of nitrogens with one attached hydrogen (secondary N) is 1. The van der Waals surface area contributed by atoms with Crippen molar-refractivity contribution < 1.29 is 13.9 Å². The fraction of sp³-hybridized carbons (Fsp3) is 0.333. The third-order valence-electron chi connectivity index (χ3n) is 1.58. The number of ether oxygens (including phenoxy) is 1. The Labute approximate surface area is 81.1 Å². The molecule has 0 atom stereocenters. The second kappa shape index (κ2) is 5.16. The molecule has 0 bridgehead atoms. The van der Waals surface area contributed by atoms with Gasteiger partial charge in [0.05, 0.1) is 19.2 Å². The molecule has 0 aliphatic heterocycles. The van der Waals surface area contributed by atoms with Gasteiger partial charge in [-0.05, 0) is 12.1 Å². The Hall–Kier alpha value is -1.65. The summed E-state index contributed by atoms with van der Waals surface area (Å²) in [4.78, 5) is 14.2. The van der Waals surface area contributed by atoms with E-state index in [4.69, 9.17) is 4.74 Å². The molecule has 4 nitrogen and oxygen atoms in total. The smallest absolute Gasteiger partial charge is 0.223 e. The van der Waals surface area contributed by atoms with E-state index in [-0.39, 0.29) is 18.9 Å². The molecule has 5 heteroatoms. The second-order valence-corrected chi connectivity index (χ2v) is 2.59. The number of aromatic nitrogens is 1. The molecule has 0 radical (unpaired) electrons. The molecule has 0 saturated heterocycles. The Morgan fingerprint density at radius 2 is 2.43 bits per heavy atom. The zero-order valence-corrected chi connectivity index (χ0v) is 7.79. The zero-order chi connectivity index (χ0) is 10.4. The number of nitrogens with zero attached hydrogens (tertiary/aromatic N) is 1. The molecule has 1 aromatic heterocycles. The van der Waals surface area contributed by atoms with Crippen molar-refractivity contribution in [1.82, 2.24) is 10.3 Å². The van der Waals surface area contributed by atoms with E-state index in [1.807, 2.05) is 0 Å². The first-order valence-corrected chi connectivity index (χ1v) is 4.17. The van der Waals surface area contributed by atoms with E-state index >= 15 is 0 Å². The average molecular weight is 198 g/mol. The molecule has 1 rings (SSSR count). The van der Waals surface area contributed by atoms with E-state index < -0.39 is 5.95 Å². The van der Waals surface area contributed by atoms with Gasteiger partial charge < -0.3 is 10.1 Å². The lowest BCUT2D eigenvalue weighted by Crippen LogP contribution is -2.20. The fourth-order valence-corrected chi connectivity index (χ4v) is 0.834. The summed E-state index contributed by atoms with van der Waals surface area (Å²) in [6, 6.07) is 2.67. The van der Waals surface area contributed by atoms with Gasteiger partial charge in [-0.1, -0.05) is 0 Å². The van der Waals surface area contributed by atoms with Crippen molar-refractivity contribution >= 4 is 5.91 Å². The first-order valence-electron chi connectivity index (χ1n) is 4.17. The Morgan fingerprint density at radius 3 is 3.00 bits per heavy atom. The summed E-state index contributed by atoms with van der Waals surface area (Å²) in [6.45, 7) is 0.257. The number of hydrogen-bond donors (Lipinski definition) is 1. The molecule has 0 aromatic carbocycles. The van der Waals surface area contributed by atoms with Crippen LogP contribution in [0.25, 0.3) is 0 Å². The third-order valence-corrected chi connectivity index (χ3v) is 1.58. The number of carbonyl (C=O) groups excluding carboxylic acids is 1. The lowest BCUT2D eigenvalue weighted by Gasteiger charge is -2.04. The highest BCUT2D eigenvalue weighted by Gasteiger charge is 1.99. The van der Waals surface area contributed by atoms with Crippen LogP contribution in [-0.4, -0.2) is 24.5 Å². The molecule has 0 saturated carbocycles. The third kappa shape index (κ3) is 3.38. The van der Waals surface area contributed by atoms with E-state index in [9.17, 15) is 9.18 Å². The van der Waals surface area contributed by atoms with Crippen LogP contribution in [0.2, 0.25) is 0 Å². The molecule has 1 amide bonds. The summed E-state index contributed by atoms with van der Waals surface area (Å²) in [5.74, 6) is -0.195. The highest BCUT2D eigenvalue weighted by Crippen LogP contribution is 2.08. The SMILES string of the molecule is CNC(=O)CCOc1ccc(F)nc1. The summed E-state index contributed by atoms with van der Waals surface area (Å²) in [5, 5.41) is 2.47. The van der Waals surface area contributed by atoms with Gasteiger partial charge in [0.1, 0.15) is 5.75 Å². The Morgan fingerprint density at radius 1 is 1.64 bits per heavy atom. The topological polar surface area (TPSA) is 51.2 Å². The summed E-state index contributed by atoms with van der Waals surface area (Å²) in [7, 11) is 1.56. The molecule has 0 unspecified atom stereocenters. The van der Waals surface area contributed by atoms with Crippen LogP contribution in [0.15, 0.2) is 18.3 Å². The maximum absolute atomic E-state index is 12.4. The van der Waals surface area contributed by atoms with Crippen LogP contribution in [0, 0.1) is 5.95 Å². The van der Waals surface area contributed by atoms with Crippen LogP contribution < -0.4 is 10.1 Å². The van der Waals surface area contributed by atoms with E-state index in [0.717, 1.165) is 0 Å². The molecule has 1 aromatic rings. The summed E-state index contributed by atoms with van der Waals surface area (Å²) >= 11 is 0. The largest absolute Gasteiger partial charge is 0.491 e. The average Bonchev–Trinajstić information content (AvgIpc) is 2.21. The standard InChI is InChI=1S/C9H11FN2O2/c1-11-9(13)4-5-14-7-2-3-8(10)12-6-7/h2-3,6H,4-5H2,1H3,(H,11,13). The van der Waals surface area contributed by atoms with E-state index in [2.05, 4.69) is 10.3 Å². The minimum absolute atomic E-state index is 0.0972. The predicted octanol–water partition coefficient (Wildman–Crippen LogP) is 0.736. The summed E-state index contributed by atoms with van der Waals surface area (Å²) < 4.78 is 17.5. The van der Waals surface area contributed by atoms with Crippen molar-refractivity contribution in [1.29, 1.82) is 0 Å². The van der Waals surface area contributed by atoms with Gasteiger partial charge in [-0.15, -0.1) is 0 Å². The lowest BCUT2D eigenvalue weighted by atomic mass is 10.4. The highest BCUT2D eigenvalue weighted by molar-refractivity contribution is 5.75. The first-order chi connectivity index (χ1) is 6.72. The molecular formula is C9H11FN2O2. The quantitative estimate of drug-likeness (QED) is 0.726. The maximum atomic E-state index is 12.4. The molecule has 1 heterocycles. The van der Waals surface area contributed by atoms with E-state index in [1.54, 1.807) is 7.05 Å². The summed E-state index contributed by atoms with van der Waals surface area (Å²) in [5.41, 5.74) is 0. The van der Waals surface area contributed by atoms with Gasteiger partial charge in [-0.2, -0.15) is 4.39 Å². The van der Waals surface area contributed by atoms with Crippen molar-refractivity contribution in [3.63, 3.8) is 0 Å². The van der Waals surface area contributed by atoms with Crippen LogP contribution in [0.1, 0.15) is 6.42 Å². The first kappa shape index (κ1) is 10.4. The minimum Gasteiger partial charge on any atom is -0.491 e. The molecule has 14 heavy (non-hydrogen) atoms. The van der Waals surface area contributed by atoms with Crippen molar-refractivity contribution in [2.75, 3.05) is 13.7 Å². The van der Waals surface area contributed by atoms with Gasteiger partial charge in [-0.3, -0.25) is 4.79 Å². The maximum Gasteiger partial charge on any atom is 0.223 e. The summed E-state index contributed by atoms with van der Waals surface area (Å²) in [6.07, 6.45) is 1.55. The van der Waals surface area contributed by atoms with Gasteiger partial charge in [0, 0.05) is 7.05 Å². The molecule has 0 spiro atoms. The molecule has 0 fully saturated rings. The Balaban J connectivity index is 2.31. The van der Waals surface area contributed by atoms with Gasteiger partial charge in [0.25, 0.3) is 0 Å². The zero-order valence-electron chi connectivity index (χ0n) is 7.79. The number of carbonyl (C=O) groups is 1. The van der Waals surface area contributed by atoms with Crippen molar-refractivity contribution in [3.05, 3.63) is 24.3 Å². The van der Waals surface area contributed by atoms with Crippen LogP contribution in [0.4, 0.5) is 4.39 Å².